The summed E-state index contributed by atoms with van der Waals surface area (Å²) in [7, 11) is 0. The molecule has 0 aliphatic carbocycles. The topological polar surface area (TPSA) is 0 Å². The first-order valence-electron chi connectivity index (χ1n) is 15.7. The molecule has 0 bridgehead atoms. The molecule has 0 fully saturated rings. The molecule has 0 atom stereocenters. The predicted molar refractivity (Wildman–Crippen MR) is 191 cm³/mol. The molecule has 0 radical (unpaired) electrons. The molecule has 8 aromatic carbocycles. The van der Waals surface area contributed by atoms with Crippen LogP contribution in [0.25, 0.3) is 76.5 Å². The van der Waals surface area contributed by atoms with Crippen LogP contribution in [-0.4, -0.2) is 0 Å². The zero-order valence-electron chi connectivity index (χ0n) is 25.2. The fourth-order valence-corrected chi connectivity index (χ4v) is 6.99. The van der Waals surface area contributed by atoms with Gasteiger partial charge in [-0.05, 0) is 107 Å². The molecule has 0 aliphatic heterocycles. The average Bonchev–Trinajstić information content (AvgIpc) is 3.06. The molecule has 0 nitrogen and oxygen atoms in total. The van der Waals surface area contributed by atoms with Crippen LogP contribution in [0.4, 0.5) is 0 Å². The van der Waals surface area contributed by atoms with Gasteiger partial charge in [-0.1, -0.05) is 153 Å². The van der Waals surface area contributed by atoms with Crippen molar-refractivity contribution in [2.45, 2.75) is 20.3 Å². The third-order valence-corrected chi connectivity index (χ3v) is 9.03. The Morgan fingerprint density at radius 2 is 0.841 bits per heavy atom. The monoisotopic (exact) mass is 562 g/mol. The lowest BCUT2D eigenvalue weighted by Gasteiger charge is -2.19. The van der Waals surface area contributed by atoms with E-state index in [1.165, 1.54) is 82.0 Å². The summed E-state index contributed by atoms with van der Waals surface area (Å²) in [5.74, 6) is 0.595. The first-order valence-corrected chi connectivity index (χ1v) is 15.7. The van der Waals surface area contributed by atoms with Crippen LogP contribution >= 0.6 is 0 Å². The third kappa shape index (κ3) is 4.64. The van der Waals surface area contributed by atoms with E-state index in [9.17, 15) is 0 Å². The minimum atomic E-state index is 0.595. The van der Waals surface area contributed by atoms with E-state index >= 15 is 0 Å². The highest BCUT2D eigenvalue weighted by molar-refractivity contribution is 6.21. The molecule has 210 valence electrons. The second-order valence-electron chi connectivity index (χ2n) is 12.5. The van der Waals surface area contributed by atoms with Crippen LogP contribution in [0, 0.1) is 5.92 Å². The van der Waals surface area contributed by atoms with Gasteiger partial charge in [-0.25, -0.2) is 0 Å². The molecular weight excluding hydrogens is 528 g/mol. The minimum absolute atomic E-state index is 0.595. The zero-order valence-corrected chi connectivity index (χ0v) is 25.2. The Morgan fingerprint density at radius 1 is 0.364 bits per heavy atom. The molecular formula is C44H34. The van der Waals surface area contributed by atoms with E-state index in [4.69, 9.17) is 0 Å². The second kappa shape index (κ2) is 10.8. The Bertz CT molecular complexity index is 2320. The maximum absolute atomic E-state index is 2.46. The van der Waals surface area contributed by atoms with E-state index in [2.05, 4.69) is 166 Å². The molecule has 0 aromatic heterocycles. The number of hydrogen-bond donors (Lipinski definition) is 0. The molecule has 0 unspecified atom stereocenters. The maximum Gasteiger partial charge on any atom is -0.00261 e. The van der Waals surface area contributed by atoms with E-state index in [0.29, 0.717) is 5.92 Å². The molecule has 0 amide bonds. The lowest BCUT2D eigenvalue weighted by molar-refractivity contribution is 0.648. The average molecular weight is 563 g/mol. The quantitative estimate of drug-likeness (QED) is 0.183. The number of fused-ring (bicyclic) bond motifs is 4. The van der Waals surface area contributed by atoms with E-state index in [1.54, 1.807) is 0 Å². The van der Waals surface area contributed by atoms with Crippen LogP contribution in [0.1, 0.15) is 19.4 Å². The molecule has 0 heteroatoms. The first-order chi connectivity index (χ1) is 21.6. The zero-order chi connectivity index (χ0) is 29.6. The van der Waals surface area contributed by atoms with Crippen LogP contribution < -0.4 is 0 Å². The summed E-state index contributed by atoms with van der Waals surface area (Å²) >= 11 is 0. The summed E-state index contributed by atoms with van der Waals surface area (Å²) < 4.78 is 0. The van der Waals surface area contributed by atoms with Gasteiger partial charge in [-0.2, -0.15) is 0 Å². The molecule has 0 saturated heterocycles. The standard InChI is InChI=1S/C44H34/c1-29(2)25-30-15-24-41-42(26-30)43(34-20-16-33(17-21-34)37-22-18-31-9-3-5-11-35(31)27-37)39-13-7-8-14-40(39)44(41)38-23-19-32-10-4-6-12-36(32)28-38/h3-24,26-29H,25H2,1-2H3. The molecule has 44 heavy (non-hydrogen) atoms. The highest BCUT2D eigenvalue weighted by Crippen LogP contribution is 2.45. The Labute approximate surface area is 259 Å². The van der Waals surface area contributed by atoms with Crippen molar-refractivity contribution in [1.82, 2.24) is 0 Å². The summed E-state index contributed by atoms with van der Waals surface area (Å²) in [5, 5.41) is 10.3. The van der Waals surface area contributed by atoms with Gasteiger partial charge in [0.05, 0.1) is 0 Å². The van der Waals surface area contributed by atoms with Gasteiger partial charge >= 0.3 is 0 Å². The van der Waals surface area contributed by atoms with Gasteiger partial charge in [0.2, 0.25) is 0 Å². The lowest BCUT2D eigenvalue weighted by Crippen LogP contribution is -1.96. The molecule has 0 saturated carbocycles. The van der Waals surface area contributed by atoms with Crippen molar-refractivity contribution in [2.75, 3.05) is 0 Å². The second-order valence-corrected chi connectivity index (χ2v) is 12.5. The summed E-state index contributed by atoms with van der Waals surface area (Å²) in [6, 6.07) is 56.2. The van der Waals surface area contributed by atoms with E-state index < -0.39 is 0 Å². The van der Waals surface area contributed by atoms with Crippen molar-refractivity contribution in [3.8, 4) is 33.4 Å². The van der Waals surface area contributed by atoms with Crippen LogP contribution in [0.3, 0.4) is 0 Å². The molecule has 0 spiro atoms. The largest absolute Gasteiger partial charge is 0.0625 e. The predicted octanol–water partition coefficient (Wildman–Crippen LogP) is 12.5. The number of hydrogen-bond acceptors (Lipinski definition) is 0. The Kier molecular flexibility index (Phi) is 6.50. The van der Waals surface area contributed by atoms with Gasteiger partial charge < -0.3 is 0 Å². The lowest BCUT2D eigenvalue weighted by atomic mass is 9.84. The van der Waals surface area contributed by atoms with Crippen molar-refractivity contribution in [1.29, 1.82) is 0 Å². The Balaban J connectivity index is 1.36. The molecule has 8 rings (SSSR count). The summed E-state index contributed by atoms with van der Waals surface area (Å²) in [4.78, 5) is 0. The van der Waals surface area contributed by atoms with Gasteiger partial charge in [0.1, 0.15) is 0 Å². The molecule has 0 heterocycles. The molecule has 0 N–H and O–H groups in total. The van der Waals surface area contributed by atoms with Crippen molar-refractivity contribution in [3.05, 3.63) is 157 Å². The van der Waals surface area contributed by atoms with Crippen LogP contribution in [0.5, 0.6) is 0 Å². The van der Waals surface area contributed by atoms with Crippen molar-refractivity contribution >= 4 is 43.1 Å². The number of benzene rings is 8. The van der Waals surface area contributed by atoms with E-state index in [0.717, 1.165) is 6.42 Å². The Hall–Kier alpha value is -5.20. The summed E-state index contributed by atoms with van der Waals surface area (Å²) in [5.41, 5.74) is 9.02. The highest BCUT2D eigenvalue weighted by atomic mass is 14.2. The van der Waals surface area contributed by atoms with E-state index in [1.807, 2.05) is 0 Å². The number of rotatable bonds is 5. The third-order valence-electron chi connectivity index (χ3n) is 9.03. The fourth-order valence-electron chi connectivity index (χ4n) is 6.99. The maximum atomic E-state index is 2.46. The summed E-state index contributed by atoms with van der Waals surface area (Å²) in [6.07, 6.45) is 1.06. The fraction of sp³-hybridized carbons (Fsp3) is 0.0909. The van der Waals surface area contributed by atoms with E-state index in [-0.39, 0.29) is 0 Å². The SMILES string of the molecule is CC(C)Cc1ccc2c(-c3ccc4ccccc4c3)c3ccccc3c(-c3ccc(-c4ccc5ccccc5c4)cc3)c2c1. The molecule has 8 aromatic rings. The minimum Gasteiger partial charge on any atom is -0.0625 e. The first kappa shape index (κ1) is 26.4. The van der Waals surface area contributed by atoms with Crippen LogP contribution in [0.15, 0.2) is 152 Å². The van der Waals surface area contributed by atoms with Crippen molar-refractivity contribution in [2.24, 2.45) is 5.92 Å². The van der Waals surface area contributed by atoms with Gasteiger partial charge in [0, 0.05) is 0 Å². The van der Waals surface area contributed by atoms with Gasteiger partial charge in [0.25, 0.3) is 0 Å². The van der Waals surface area contributed by atoms with Crippen LogP contribution in [-0.2, 0) is 6.42 Å². The van der Waals surface area contributed by atoms with Gasteiger partial charge in [0.15, 0.2) is 0 Å². The van der Waals surface area contributed by atoms with Crippen LogP contribution in [0.2, 0.25) is 0 Å². The van der Waals surface area contributed by atoms with Crippen molar-refractivity contribution in [3.63, 3.8) is 0 Å². The van der Waals surface area contributed by atoms with Crippen molar-refractivity contribution < 1.29 is 0 Å². The van der Waals surface area contributed by atoms with Gasteiger partial charge in [-0.3, -0.25) is 0 Å². The van der Waals surface area contributed by atoms with Gasteiger partial charge in [-0.15, -0.1) is 0 Å². The smallest absolute Gasteiger partial charge is 0.00261 e. The molecule has 0 aliphatic rings. The normalized spacial score (nSPS) is 11.7. The Morgan fingerprint density at radius 3 is 1.48 bits per heavy atom. The summed E-state index contributed by atoms with van der Waals surface area (Å²) in [6.45, 7) is 4.61. The highest BCUT2D eigenvalue weighted by Gasteiger charge is 2.18.